The van der Waals surface area contributed by atoms with Crippen molar-refractivity contribution in [3.63, 3.8) is 0 Å². The van der Waals surface area contributed by atoms with Gasteiger partial charge in [0.05, 0.1) is 16.8 Å². The van der Waals surface area contributed by atoms with Crippen LogP contribution in [-0.4, -0.2) is 18.1 Å². The molecule has 1 amide bonds. The number of nitrogens with zero attached hydrogens (tertiary/aromatic N) is 1. The molecule has 5 nitrogen and oxygen atoms in total. The Balaban J connectivity index is 1.76. The molecule has 0 unspecified atom stereocenters. The molecule has 0 aliphatic rings. The average Bonchev–Trinajstić information content (AvgIpc) is 2.70. The second kappa shape index (κ2) is 9.69. The number of hydrogen-bond donors (Lipinski definition) is 1. The SMILES string of the molecule is O=C(NN=Cc1cc(Br)ccc1OC(=O)c1ccccc1Cl)c1cccc(Cl)c1. The Morgan fingerprint density at radius 2 is 1.79 bits per heavy atom. The van der Waals surface area contributed by atoms with Gasteiger partial charge in [-0.1, -0.05) is 57.3 Å². The molecular weight excluding hydrogens is 479 g/mol. The Labute approximate surface area is 185 Å². The fraction of sp³-hybridized carbons (Fsp3) is 0. The number of benzene rings is 3. The van der Waals surface area contributed by atoms with Crippen molar-refractivity contribution in [1.29, 1.82) is 0 Å². The number of hydrazone groups is 1. The van der Waals surface area contributed by atoms with E-state index >= 15 is 0 Å². The van der Waals surface area contributed by atoms with Crippen LogP contribution in [0.5, 0.6) is 5.75 Å². The molecule has 8 heteroatoms. The van der Waals surface area contributed by atoms with Crippen LogP contribution in [0, 0.1) is 0 Å². The van der Waals surface area contributed by atoms with Gasteiger partial charge in [-0.25, -0.2) is 10.2 Å². The minimum absolute atomic E-state index is 0.245. The third kappa shape index (κ3) is 5.67. The number of carbonyl (C=O) groups is 2. The van der Waals surface area contributed by atoms with Crippen LogP contribution < -0.4 is 10.2 Å². The third-order valence-electron chi connectivity index (χ3n) is 3.72. The van der Waals surface area contributed by atoms with Crippen LogP contribution in [0.25, 0.3) is 0 Å². The van der Waals surface area contributed by atoms with Crippen LogP contribution >= 0.6 is 39.1 Å². The summed E-state index contributed by atoms with van der Waals surface area (Å²) in [5, 5.41) is 4.68. The molecule has 0 atom stereocenters. The van der Waals surface area contributed by atoms with Gasteiger partial charge in [0.2, 0.25) is 0 Å². The molecule has 0 heterocycles. The van der Waals surface area contributed by atoms with Gasteiger partial charge in [0.15, 0.2) is 0 Å². The van der Waals surface area contributed by atoms with E-state index in [4.69, 9.17) is 27.9 Å². The zero-order valence-electron chi connectivity index (χ0n) is 14.7. The molecule has 0 aliphatic heterocycles. The van der Waals surface area contributed by atoms with E-state index in [1.807, 2.05) is 0 Å². The van der Waals surface area contributed by atoms with E-state index in [9.17, 15) is 9.59 Å². The Morgan fingerprint density at radius 3 is 2.55 bits per heavy atom. The molecule has 0 aromatic heterocycles. The Bertz CT molecular complexity index is 1100. The van der Waals surface area contributed by atoms with Crippen molar-refractivity contribution in [2.75, 3.05) is 0 Å². The molecule has 3 rings (SSSR count). The van der Waals surface area contributed by atoms with Crippen molar-refractivity contribution in [3.05, 3.63) is 97.9 Å². The summed E-state index contributed by atoms with van der Waals surface area (Å²) in [5.74, 6) is -0.761. The molecule has 3 aromatic rings. The van der Waals surface area contributed by atoms with Gasteiger partial charge in [-0.3, -0.25) is 4.79 Å². The number of rotatable bonds is 5. The van der Waals surface area contributed by atoms with Crippen LogP contribution in [0.2, 0.25) is 10.0 Å². The lowest BCUT2D eigenvalue weighted by atomic mass is 10.2. The fourth-order valence-corrected chi connectivity index (χ4v) is 3.13. The molecule has 3 aromatic carbocycles. The average molecular weight is 492 g/mol. The number of esters is 1. The molecule has 0 bridgehead atoms. The minimum Gasteiger partial charge on any atom is -0.422 e. The van der Waals surface area contributed by atoms with Crippen molar-refractivity contribution in [2.45, 2.75) is 0 Å². The number of ether oxygens (including phenoxy) is 1. The molecule has 0 fully saturated rings. The van der Waals surface area contributed by atoms with E-state index in [1.54, 1.807) is 60.7 Å². The van der Waals surface area contributed by atoms with E-state index in [-0.39, 0.29) is 11.3 Å². The van der Waals surface area contributed by atoms with Crippen LogP contribution in [0.4, 0.5) is 0 Å². The first-order chi connectivity index (χ1) is 13.9. The number of nitrogens with one attached hydrogen (secondary N) is 1. The lowest BCUT2D eigenvalue weighted by molar-refractivity contribution is 0.0734. The van der Waals surface area contributed by atoms with E-state index < -0.39 is 11.9 Å². The summed E-state index contributed by atoms with van der Waals surface area (Å²) < 4.78 is 6.21. The standard InChI is InChI=1S/C21H13BrCl2N2O3/c22-15-8-9-19(29-21(28)17-6-1-2-7-18(17)24)14(10-15)12-25-26-20(27)13-4-3-5-16(23)11-13/h1-12H,(H,26,27). The second-order valence-electron chi connectivity index (χ2n) is 5.76. The van der Waals surface area contributed by atoms with Gasteiger partial charge in [0, 0.05) is 20.6 Å². The maximum absolute atomic E-state index is 12.4. The summed E-state index contributed by atoms with van der Waals surface area (Å²) in [6.45, 7) is 0. The van der Waals surface area contributed by atoms with Crippen LogP contribution in [-0.2, 0) is 0 Å². The smallest absolute Gasteiger partial charge is 0.345 e. The third-order valence-corrected chi connectivity index (χ3v) is 4.78. The predicted molar refractivity (Wildman–Crippen MR) is 117 cm³/mol. The highest BCUT2D eigenvalue weighted by molar-refractivity contribution is 9.10. The zero-order valence-corrected chi connectivity index (χ0v) is 17.8. The van der Waals surface area contributed by atoms with Gasteiger partial charge in [-0.15, -0.1) is 0 Å². The molecule has 0 spiro atoms. The molecular formula is C21H13BrCl2N2O3. The lowest BCUT2D eigenvalue weighted by Crippen LogP contribution is -2.17. The van der Waals surface area contributed by atoms with Crippen molar-refractivity contribution in [2.24, 2.45) is 5.10 Å². The number of halogens is 3. The van der Waals surface area contributed by atoms with Crippen molar-refractivity contribution in [3.8, 4) is 5.75 Å². The van der Waals surface area contributed by atoms with E-state index in [0.717, 1.165) is 4.47 Å². The number of carbonyl (C=O) groups excluding carboxylic acids is 2. The molecule has 1 N–H and O–H groups in total. The Hall–Kier alpha value is -2.67. The molecule has 146 valence electrons. The summed E-state index contributed by atoms with van der Waals surface area (Å²) in [5.41, 5.74) is 3.50. The molecule has 0 saturated heterocycles. The van der Waals surface area contributed by atoms with Crippen molar-refractivity contribution in [1.82, 2.24) is 5.43 Å². The first kappa shape index (κ1) is 21.0. The summed E-state index contributed by atoms with van der Waals surface area (Å²) >= 11 is 15.3. The van der Waals surface area contributed by atoms with Crippen molar-refractivity contribution >= 4 is 57.2 Å². The molecule has 0 aliphatic carbocycles. The molecule has 0 saturated carbocycles. The van der Waals surface area contributed by atoms with Gasteiger partial charge in [0.1, 0.15) is 5.75 Å². The molecule has 29 heavy (non-hydrogen) atoms. The van der Waals surface area contributed by atoms with Crippen LogP contribution in [0.15, 0.2) is 76.3 Å². The number of hydrogen-bond acceptors (Lipinski definition) is 4. The van der Waals surface area contributed by atoms with Gasteiger partial charge < -0.3 is 4.74 Å². The largest absolute Gasteiger partial charge is 0.422 e. The summed E-state index contributed by atoms with van der Waals surface area (Å²) in [4.78, 5) is 24.6. The zero-order chi connectivity index (χ0) is 20.8. The fourth-order valence-electron chi connectivity index (χ4n) is 2.35. The summed E-state index contributed by atoms with van der Waals surface area (Å²) in [6.07, 6.45) is 1.38. The van der Waals surface area contributed by atoms with Gasteiger partial charge in [-0.05, 0) is 48.5 Å². The van der Waals surface area contributed by atoms with Crippen molar-refractivity contribution < 1.29 is 14.3 Å². The van der Waals surface area contributed by atoms with Gasteiger partial charge in [-0.2, -0.15) is 5.10 Å². The van der Waals surface area contributed by atoms with Gasteiger partial charge >= 0.3 is 5.97 Å². The number of amides is 1. The van der Waals surface area contributed by atoms with Crippen LogP contribution in [0.1, 0.15) is 26.3 Å². The van der Waals surface area contributed by atoms with E-state index in [2.05, 4.69) is 26.5 Å². The highest BCUT2D eigenvalue weighted by atomic mass is 79.9. The predicted octanol–water partition coefficient (Wildman–Crippen LogP) is 5.74. The highest BCUT2D eigenvalue weighted by Crippen LogP contribution is 2.24. The van der Waals surface area contributed by atoms with E-state index in [1.165, 1.54) is 12.3 Å². The Kier molecular flexibility index (Phi) is 7.04. The highest BCUT2D eigenvalue weighted by Gasteiger charge is 2.14. The minimum atomic E-state index is -0.601. The summed E-state index contributed by atoms with van der Waals surface area (Å²) in [6, 6.07) is 18.1. The monoisotopic (exact) mass is 490 g/mol. The van der Waals surface area contributed by atoms with E-state index in [0.29, 0.717) is 21.2 Å². The lowest BCUT2D eigenvalue weighted by Gasteiger charge is -2.09. The quantitative estimate of drug-likeness (QED) is 0.214. The normalized spacial score (nSPS) is 10.7. The molecule has 0 radical (unpaired) electrons. The topological polar surface area (TPSA) is 67.8 Å². The van der Waals surface area contributed by atoms with Gasteiger partial charge in [0.25, 0.3) is 5.91 Å². The van der Waals surface area contributed by atoms with Crippen LogP contribution in [0.3, 0.4) is 0 Å². The first-order valence-electron chi connectivity index (χ1n) is 8.29. The Morgan fingerprint density at radius 1 is 1.00 bits per heavy atom. The maximum atomic E-state index is 12.4. The second-order valence-corrected chi connectivity index (χ2v) is 7.52. The summed E-state index contributed by atoms with van der Waals surface area (Å²) in [7, 11) is 0. The first-order valence-corrected chi connectivity index (χ1v) is 9.84. The maximum Gasteiger partial charge on any atom is 0.345 e.